The summed E-state index contributed by atoms with van der Waals surface area (Å²) in [7, 11) is 0. The van der Waals surface area contributed by atoms with Gasteiger partial charge in [-0.25, -0.2) is 0 Å². The number of nitro benzene ring substituents is 1. The molecule has 2 aliphatic heterocycles. The molecule has 5 heteroatoms. The average molecular weight is 275 g/mol. The second kappa shape index (κ2) is 5.69. The predicted octanol–water partition coefficient (Wildman–Crippen LogP) is 3.19. The third-order valence-corrected chi connectivity index (χ3v) is 4.32. The number of rotatable bonds is 3. The van der Waals surface area contributed by atoms with Crippen molar-refractivity contribution in [2.24, 2.45) is 0 Å². The second-order valence-electron chi connectivity index (χ2n) is 5.67. The number of hydrogen-bond acceptors (Lipinski definition) is 4. The van der Waals surface area contributed by atoms with Crippen LogP contribution in [0.15, 0.2) is 18.2 Å². The third kappa shape index (κ3) is 2.57. The fourth-order valence-electron chi connectivity index (χ4n) is 3.23. The first kappa shape index (κ1) is 13.2. The monoisotopic (exact) mass is 275 g/mol. The minimum Gasteiger partial charge on any atom is -0.371 e. The van der Waals surface area contributed by atoms with Gasteiger partial charge in [0.15, 0.2) is 0 Å². The smallest absolute Gasteiger partial charge is 0.292 e. The van der Waals surface area contributed by atoms with Crippen molar-refractivity contribution in [3.05, 3.63) is 28.3 Å². The zero-order valence-corrected chi connectivity index (χ0v) is 11.8. The Labute approximate surface area is 119 Å². The van der Waals surface area contributed by atoms with Crippen LogP contribution < -0.4 is 9.80 Å². The summed E-state index contributed by atoms with van der Waals surface area (Å²) >= 11 is 0. The quantitative estimate of drug-likeness (QED) is 0.628. The van der Waals surface area contributed by atoms with E-state index in [2.05, 4.69) is 9.80 Å². The maximum atomic E-state index is 11.3. The molecule has 2 aliphatic rings. The number of hydrogen-bond donors (Lipinski definition) is 0. The van der Waals surface area contributed by atoms with E-state index in [0.29, 0.717) is 0 Å². The van der Waals surface area contributed by atoms with Gasteiger partial charge in [-0.2, -0.15) is 0 Å². The van der Waals surface area contributed by atoms with Crippen molar-refractivity contribution >= 4 is 17.1 Å². The van der Waals surface area contributed by atoms with Gasteiger partial charge in [0, 0.05) is 37.9 Å². The molecule has 3 rings (SSSR count). The Morgan fingerprint density at radius 3 is 2.15 bits per heavy atom. The lowest BCUT2D eigenvalue weighted by molar-refractivity contribution is -0.384. The number of piperidine rings is 1. The van der Waals surface area contributed by atoms with Crippen LogP contribution in [-0.4, -0.2) is 31.1 Å². The Hall–Kier alpha value is -1.78. The minimum absolute atomic E-state index is 0.245. The topological polar surface area (TPSA) is 49.6 Å². The van der Waals surface area contributed by atoms with Gasteiger partial charge in [-0.3, -0.25) is 10.1 Å². The molecule has 0 atom stereocenters. The molecule has 20 heavy (non-hydrogen) atoms. The van der Waals surface area contributed by atoms with E-state index >= 15 is 0 Å². The molecule has 0 amide bonds. The first-order valence-corrected chi connectivity index (χ1v) is 7.54. The molecule has 2 fully saturated rings. The summed E-state index contributed by atoms with van der Waals surface area (Å²) < 4.78 is 0. The molecule has 0 bridgehead atoms. The van der Waals surface area contributed by atoms with Gasteiger partial charge in [0.05, 0.1) is 4.92 Å². The first-order chi connectivity index (χ1) is 9.75. The standard InChI is InChI=1S/C15H21N3O2/c19-18(20)14-7-6-13(16-8-4-5-9-16)12-15(14)17-10-2-1-3-11-17/h6-7,12H,1-5,8-11H2. The molecule has 2 heterocycles. The number of nitro groups is 1. The fraction of sp³-hybridized carbons (Fsp3) is 0.600. The summed E-state index contributed by atoms with van der Waals surface area (Å²) in [5.41, 5.74) is 2.18. The molecule has 0 aromatic heterocycles. The highest BCUT2D eigenvalue weighted by Gasteiger charge is 2.23. The van der Waals surface area contributed by atoms with Crippen LogP contribution in [0.3, 0.4) is 0 Å². The molecule has 0 spiro atoms. The minimum atomic E-state index is -0.252. The number of nitrogens with zero attached hydrogens (tertiary/aromatic N) is 3. The Morgan fingerprint density at radius 1 is 0.900 bits per heavy atom. The van der Waals surface area contributed by atoms with Gasteiger partial charge in [-0.15, -0.1) is 0 Å². The van der Waals surface area contributed by atoms with Crippen molar-refractivity contribution in [1.29, 1.82) is 0 Å². The zero-order valence-electron chi connectivity index (χ0n) is 11.8. The van der Waals surface area contributed by atoms with Crippen LogP contribution in [0.25, 0.3) is 0 Å². The van der Waals surface area contributed by atoms with E-state index in [0.717, 1.165) is 50.4 Å². The summed E-state index contributed by atoms with van der Waals surface area (Å²) in [5, 5.41) is 11.3. The van der Waals surface area contributed by atoms with E-state index in [-0.39, 0.29) is 10.6 Å². The number of benzene rings is 1. The van der Waals surface area contributed by atoms with Crippen LogP contribution in [0.2, 0.25) is 0 Å². The molecule has 1 aromatic carbocycles. The van der Waals surface area contributed by atoms with Gasteiger partial charge in [0.1, 0.15) is 5.69 Å². The molecule has 0 N–H and O–H groups in total. The van der Waals surface area contributed by atoms with Crippen molar-refractivity contribution in [3.63, 3.8) is 0 Å². The lowest BCUT2D eigenvalue weighted by Crippen LogP contribution is -2.30. The largest absolute Gasteiger partial charge is 0.371 e. The molecule has 2 saturated heterocycles. The van der Waals surface area contributed by atoms with E-state index in [9.17, 15) is 10.1 Å². The van der Waals surface area contributed by atoms with Gasteiger partial charge in [0.25, 0.3) is 5.69 Å². The van der Waals surface area contributed by atoms with Gasteiger partial charge < -0.3 is 9.80 Å². The van der Waals surface area contributed by atoms with Gasteiger partial charge in [-0.05, 0) is 44.2 Å². The molecule has 108 valence electrons. The van der Waals surface area contributed by atoms with E-state index in [1.165, 1.54) is 19.3 Å². The van der Waals surface area contributed by atoms with Crippen LogP contribution in [0.4, 0.5) is 17.1 Å². The average Bonchev–Trinajstić information content (AvgIpc) is 3.02. The van der Waals surface area contributed by atoms with E-state index in [1.807, 2.05) is 12.1 Å². The molecular weight excluding hydrogens is 254 g/mol. The fourth-order valence-corrected chi connectivity index (χ4v) is 3.23. The maximum Gasteiger partial charge on any atom is 0.292 e. The highest BCUT2D eigenvalue weighted by atomic mass is 16.6. The van der Waals surface area contributed by atoms with Crippen molar-refractivity contribution in [1.82, 2.24) is 0 Å². The summed E-state index contributed by atoms with van der Waals surface area (Å²) in [6, 6.07) is 5.60. The second-order valence-corrected chi connectivity index (χ2v) is 5.67. The highest BCUT2D eigenvalue weighted by Crippen LogP contribution is 2.35. The van der Waals surface area contributed by atoms with E-state index < -0.39 is 0 Å². The molecule has 0 unspecified atom stereocenters. The van der Waals surface area contributed by atoms with Crippen molar-refractivity contribution in [2.45, 2.75) is 32.1 Å². The number of anilines is 2. The third-order valence-electron chi connectivity index (χ3n) is 4.32. The predicted molar refractivity (Wildman–Crippen MR) is 80.6 cm³/mol. The summed E-state index contributed by atoms with van der Waals surface area (Å²) in [6.45, 7) is 4.00. The van der Waals surface area contributed by atoms with E-state index in [1.54, 1.807) is 6.07 Å². The molecule has 0 saturated carbocycles. The van der Waals surface area contributed by atoms with Crippen LogP contribution in [0, 0.1) is 10.1 Å². The van der Waals surface area contributed by atoms with Crippen molar-refractivity contribution < 1.29 is 4.92 Å². The SMILES string of the molecule is O=[N+]([O-])c1ccc(N2CCCC2)cc1N1CCCCC1. The summed E-state index contributed by atoms with van der Waals surface area (Å²) in [5.74, 6) is 0. The van der Waals surface area contributed by atoms with Crippen LogP contribution >= 0.6 is 0 Å². The van der Waals surface area contributed by atoms with Gasteiger partial charge >= 0.3 is 0 Å². The summed E-state index contributed by atoms with van der Waals surface area (Å²) in [6.07, 6.45) is 5.93. The Morgan fingerprint density at radius 2 is 1.50 bits per heavy atom. The van der Waals surface area contributed by atoms with E-state index in [4.69, 9.17) is 0 Å². The van der Waals surface area contributed by atoms with Crippen LogP contribution in [-0.2, 0) is 0 Å². The first-order valence-electron chi connectivity index (χ1n) is 7.54. The maximum absolute atomic E-state index is 11.3. The Kier molecular flexibility index (Phi) is 3.76. The summed E-state index contributed by atoms with van der Waals surface area (Å²) in [4.78, 5) is 15.5. The van der Waals surface area contributed by atoms with Crippen LogP contribution in [0.1, 0.15) is 32.1 Å². The van der Waals surface area contributed by atoms with Crippen molar-refractivity contribution in [2.75, 3.05) is 36.0 Å². The lowest BCUT2D eigenvalue weighted by Gasteiger charge is -2.29. The van der Waals surface area contributed by atoms with Crippen LogP contribution in [0.5, 0.6) is 0 Å². The molecule has 0 radical (unpaired) electrons. The molecule has 1 aromatic rings. The Balaban J connectivity index is 1.93. The molecular formula is C15H21N3O2. The lowest BCUT2D eigenvalue weighted by atomic mass is 10.1. The van der Waals surface area contributed by atoms with Gasteiger partial charge in [-0.1, -0.05) is 0 Å². The zero-order chi connectivity index (χ0) is 13.9. The normalized spacial score (nSPS) is 19.4. The Bertz CT molecular complexity index is 492. The van der Waals surface area contributed by atoms with Crippen molar-refractivity contribution in [3.8, 4) is 0 Å². The molecule has 5 nitrogen and oxygen atoms in total. The highest BCUT2D eigenvalue weighted by molar-refractivity contribution is 5.70. The van der Waals surface area contributed by atoms with Gasteiger partial charge in [0.2, 0.25) is 0 Å². The molecule has 0 aliphatic carbocycles.